The minimum absolute atomic E-state index is 0.0160. The maximum absolute atomic E-state index is 13.3. The second-order valence-electron chi connectivity index (χ2n) is 9.36. The number of phenols is 1. The van der Waals surface area contributed by atoms with Crippen molar-refractivity contribution < 1.29 is 14.7 Å². The Morgan fingerprint density at radius 1 is 1.05 bits per heavy atom. The molecule has 8 nitrogen and oxygen atoms in total. The van der Waals surface area contributed by atoms with Gasteiger partial charge >= 0.3 is 6.03 Å². The van der Waals surface area contributed by atoms with Crippen molar-refractivity contribution in [3.8, 4) is 17.0 Å². The van der Waals surface area contributed by atoms with Gasteiger partial charge in [-0.3, -0.25) is 9.78 Å². The molecule has 4 aromatic rings. The van der Waals surface area contributed by atoms with Gasteiger partial charge < -0.3 is 15.7 Å². The van der Waals surface area contributed by atoms with E-state index in [-0.39, 0.29) is 23.6 Å². The molecule has 3 N–H and O–H groups in total. The predicted molar refractivity (Wildman–Crippen MR) is 142 cm³/mol. The number of carbonyl (C=O) groups is 2. The third-order valence-electron chi connectivity index (χ3n) is 6.85. The predicted octanol–water partition coefficient (Wildman–Crippen LogP) is 5.63. The van der Waals surface area contributed by atoms with Gasteiger partial charge in [-0.25, -0.2) is 4.79 Å². The lowest BCUT2D eigenvalue weighted by Gasteiger charge is -2.13. The number of phenolic OH excluding ortho intramolecular Hbond substituents is 1. The van der Waals surface area contributed by atoms with E-state index in [9.17, 15) is 14.7 Å². The topological polar surface area (TPSA) is 109 Å². The van der Waals surface area contributed by atoms with E-state index in [4.69, 9.17) is 0 Å². The number of hydrogen-bond donors (Lipinski definition) is 3. The number of benzene rings is 2. The van der Waals surface area contributed by atoms with Crippen molar-refractivity contribution in [2.45, 2.75) is 45.1 Å². The molecule has 188 valence electrons. The summed E-state index contributed by atoms with van der Waals surface area (Å²) in [6.45, 7) is 2.41. The molecule has 5 rings (SSSR count). The van der Waals surface area contributed by atoms with Crippen molar-refractivity contribution in [1.29, 1.82) is 0 Å². The van der Waals surface area contributed by atoms with Crippen LogP contribution in [0.4, 0.5) is 10.5 Å². The van der Waals surface area contributed by atoms with Gasteiger partial charge in [0.1, 0.15) is 5.75 Å². The van der Waals surface area contributed by atoms with E-state index in [0.717, 1.165) is 42.5 Å². The van der Waals surface area contributed by atoms with Crippen molar-refractivity contribution in [3.05, 3.63) is 95.4 Å². The number of carbonyl (C=O) groups excluding carboxylic acids is 2. The summed E-state index contributed by atoms with van der Waals surface area (Å²) in [5.41, 5.74) is 4.82. The second-order valence-corrected chi connectivity index (χ2v) is 9.36. The monoisotopic (exact) mass is 495 g/mol. The molecule has 0 unspecified atom stereocenters. The number of amides is 2. The molecular formula is C29H29N5O3. The smallest absolute Gasteiger partial charge is 0.342 e. The fourth-order valence-corrected chi connectivity index (χ4v) is 4.78. The highest BCUT2D eigenvalue weighted by Crippen LogP contribution is 2.38. The van der Waals surface area contributed by atoms with Gasteiger partial charge in [-0.15, -0.1) is 0 Å². The minimum atomic E-state index is -0.308. The summed E-state index contributed by atoms with van der Waals surface area (Å²) < 4.78 is 1.43. The Morgan fingerprint density at radius 2 is 1.86 bits per heavy atom. The Hall–Kier alpha value is -4.46. The van der Waals surface area contributed by atoms with Crippen molar-refractivity contribution in [2.24, 2.45) is 0 Å². The Morgan fingerprint density at radius 3 is 2.62 bits per heavy atom. The molecule has 0 aliphatic heterocycles. The maximum Gasteiger partial charge on any atom is 0.342 e. The molecule has 2 aromatic carbocycles. The fraction of sp³-hybridized carbons (Fsp3) is 0.241. The molecule has 8 heteroatoms. The molecule has 0 radical (unpaired) electrons. The molecule has 2 aromatic heterocycles. The van der Waals surface area contributed by atoms with E-state index >= 15 is 0 Å². The molecule has 37 heavy (non-hydrogen) atoms. The van der Waals surface area contributed by atoms with E-state index in [1.165, 1.54) is 16.9 Å². The highest BCUT2D eigenvalue weighted by molar-refractivity contribution is 6.04. The first-order valence-electron chi connectivity index (χ1n) is 12.5. The lowest BCUT2D eigenvalue weighted by Crippen LogP contribution is -2.31. The van der Waals surface area contributed by atoms with E-state index in [1.54, 1.807) is 30.5 Å². The first-order chi connectivity index (χ1) is 18.0. The van der Waals surface area contributed by atoms with Crippen LogP contribution in [0.15, 0.2) is 73.1 Å². The fourth-order valence-electron chi connectivity index (χ4n) is 4.78. The van der Waals surface area contributed by atoms with Gasteiger partial charge in [0.2, 0.25) is 0 Å². The van der Waals surface area contributed by atoms with Crippen LogP contribution in [0.2, 0.25) is 0 Å². The summed E-state index contributed by atoms with van der Waals surface area (Å²) in [5.74, 6) is -0.0686. The summed E-state index contributed by atoms with van der Waals surface area (Å²) in [6, 6.07) is 17.7. The van der Waals surface area contributed by atoms with E-state index < -0.39 is 0 Å². The van der Waals surface area contributed by atoms with Crippen LogP contribution in [0.5, 0.6) is 5.75 Å². The lowest BCUT2D eigenvalue weighted by atomic mass is 10.0. The molecule has 2 amide bonds. The second kappa shape index (κ2) is 10.7. The molecule has 1 aliphatic carbocycles. The zero-order valence-electron chi connectivity index (χ0n) is 20.6. The number of anilines is 1. The molecule has 1 fully saturated rings. The van der Waals surface area contributed by atoms with Gasteiger partial charge in [-0.2, -0.15) is 9.78 Å². The number of aromatic hydroxyl groups is 1. The third-order valence-corrected chi connectivity index (χ3v) is 6.85. The summed E-state index contributed by atoms with van der Waals surface area (Å²) in [5, 5.41) is 21.1. The molecular weight excluding hydrogens is 466 g/mol. The van der Waals surface area contributed by atoms with Crippen LogP contribution in [0, 0.1) is 6.92 Å². The third kappa shape index (κ3) is 5.38. The lowest BCUT2D eigenvalue weighted by molar-refractivity contribution is 0.102. The van der Waals surface area contributed by atoms with Crippen LogP contribution in [-0.4, -0.2) is 31.8 Å². The van der Waals surface area contributed by atoms with E-state index in [0.29, 0.717) is 29.1 Å². The Labute approximate surface area is 215 Å². The quantitative estimate of drug-likeness (QED) is 0.301. The van der Waals surface area contributed by atoms with Crippen LogP contribution < -0.4 is 10.6 Å². The first-order valence-corrected chi connectivity index (χ1v) is 12.5. The van der Waals surface area contributed by atoms with Gasteiger partial charge in [0.25, 0.3) is 5.91 Å². The molecule has 0 bridgehead atoms. The Bertz CT molecular complexity index is 1420. The number of aromatic nitrogens is 3. The molecule has 0 spiro atoms. The van der Waals surface area contributed by atoms with Gasteiger partial charge in [-0.1, -0.05) is 37.1 Å². The maximum atomic E-state index is 13.3. The van der Waals surface area contributed by atoms with Gasteiger partial charge in [-0.05, 0) is 67.3 Å². The normalized spacial score (nSPS) is 13.4. The van der Waals surface area contributed by atoms with Crippen molar-refractivity contribution in [2.75, 3.05) is 5.32 Å². The minimum Gasteiger partial charge on any atom is -0.507 e. The molecule has 2 heterocycles. The highest BCUT2D eigenvalue weighted by Gasteiger charge is 2.26. The number of aryl methyl sites for hydroxylation is 1. The summed E-state index contributed by atoms with van der Waals surface area (Å²) in [6.07, 6.45) is 7.29. The van der Waals surface area contributed by atoms with Crippen LogP contribution in [0.3, 0.4) is 0 Å². The summed E-state index contributed by atoms with van der Waals surface area (Å²) in [7, 11) is 0. The molecule has 0 saturated heterocycles. The van der Waals surface area contributed by atoms with E-state index in [1.807, 2.05) is 37.3 Å². The van der Waals surface area contributed by atoms with Crippen molar-refractivity contribution in [3.63, 3.8) is 0 Å². The number of nitrogens with zero attached hydrogens (tertiary/aromatic N) is 3. The summed E-state index contributed by atoms with van der Waals surface area (Å²) in [4.78, 5) is 29.8. The Kier molecular flexibility index (Phi) is 6.98. The number of hydrogen-bond acceptors (Lipinski definition) is 5. The zero-order chi connectivity index (χ0) is 25.8. The average Bonchev–Trinajstić information content (AvgIpc) is 3.60. The standard InChI is InChI=1S/C29H29N5O3/c1-19-7-2-3-10-21(19)18-31-29(37)34-26(20-8-4-5-9-20)16-25(33-34)24-15-23(12-13-27(24)35)32-28(36)22-11-6-14-30-17-22/h2-3,6-7,10-17,20,35H,4-5,8-9,18H2,1H3,(H,31,37)(H,32,36). The van der Waals surface area contributed by atoms with Crippen LogP contribution in [-0.2, 0) is 6.54 Å². The van der Waals surface area contributed by atoms with Crippen molar-refractivity contribution >= 4 is 17.6 Å². The van der Waals surface area contributed by atoms with Crippen LogP contribution in [0.1, 0.15) is 58.8 Å². The largest absolute Gasteiger partial charge is 0.507 e. The van der Waals surface area contributed by atoms with Gasteiger partial charge in [0.15, 0.2) is 0 Å². The number of rotatable bonds is 6. The highest BCUT2D eigenvalue weighted by atomic mass is 16.3. The SMILES string of the molecule is Cc1ccccc1CNC(=O)n1nc(-c2cc(NC(=O)c3cccnc3)ccc2O)cc1C1CCCC1. The molecule has 1 aliphatic rings. The van der Waals surface area contributed by atoms with E-state index in [2.05, 4.69) is 20.7 Å². The van der Waals surface area contributed by atoms with Crippen LogP contribution >= 0.6 is 0 Å². The summed E-state index contributed by atoms with van der Waals surface area (Å²) >= 11 is 0. The Balaban J connectivity index is 1.43. The number of pyridine rings is 1. The number of nitrogens with one attached hydrogen (secondary N) is 2. The molecule has 1 saturated carbocycles. The average molecular weight is 496 g/mol. The first kappa shape index (κ1) is 24.2. The van der Waals surface area contributed by atoms with Gasteiger partial charge in [0.05, 0.1) is 17.0 Å². The van der Waals surface area contributed by atoms with Gasteiger partial charge in [0, 0.05) is 36.1 Å². The molecule has 0 atom stereocenters. The zero-order valence-corrected chi connectivity index (χ0v) is 20.6. The van der Waals surface area contributed by atoms with Crippen molar-refractivity contribution in [1.82, 2.24) is 20.1 Å². The van der Waals surface area contributed by atoms with Crippen LogP contribution in [0.25, 0.3) is 11.3 Å².